The van der Waals surface area contributed by atoms with Gasteiger partial charge in [0.2, 0.25) is 0 Å². The van der Waals surface area contributed by atoms with E-state index in [0.29, 0.717) is 5.41 Å². The lowest BCUT2D eigenvalue weighted by Crippen LogP contribution is -2.38. The molecule has 0 unspecified atom stereocenters. The van der Waals surface area contributed by atoms with E-state index in [1.165, 1.54) is 51.0 Å². The van der Waals surface area contributed by atoms with Gasteiger partial charge in [0.05, 0.1) is 12.2 Å². The normalized spacial score (nSPS) is 20.5. The summed E-state index contributed by atoms with van der Waals surface area (Å²) in [5.74, 6) is 0.958. The number of benzene rings is 1. The molecular formula is C20H26N4. The molecule has 4 rings (SSSR count). The smallest absolute Gasteiger partial charge is 0.143 e. The maximum Gasteiger partial charge on any atom is 0.143 e. The fraction of sp³-hybridized carbons (Fsp3) is 0.500. The predicted molar refractivity (Wildman–Crippen MR) is 96.6 cm³/mol. The maximum absolute atomic E-state index is 4.84. The van der Waals surface area contributed by atoms with Crippen molar-refractivity contribution in [3.63, 3.8) is 0 Å². The molecule has 2 aliphatic rings. The van der Waals surface area contributed by atoms with E-state index in [9.17, 15) is 0 Å². The molecule has 0 radical (unpaired) electrons. The minimum Gasteiger partial charge on any atom is -0.317 e. The number of nitrogens with one attached hydrogen (secondary N) is 1. The molecule has 24 heavy (non-hydrogen) atoms. The molecule has 4 nitrogen and oxygen atoms in total. The molecule has 0 aliphatic carbocycles. The average molecular weight is 322 g/mol. The second-order valence-corrected chi connectivity index (χ2v) is 7.39. The van der Waals surface area contributed by atoms with E-state index in [1.54, 1.807) is 0 Å². The molecule has 3 heterocycles. The number of hydrogen-bond donors (Lipinski definition) is 1. The monoisotopic (exact) mass is 322 g/mol. The second kappa shape index (κ2) is 6.61. The summed E-state index contributed by atoms with van der Waals surface area (Å²) < 4.78 is 0. The molecule has 0 bridgehead atoms. The van der Waals surface area contributed by atoms with E-state index in [4.69, 9.17) is 9.97 Å². The molecule has 0 saturated carbocycles. The Hall–Kier alpha value is -1.78. The molecule has 1 aromatic carbocycles. The number of rotatable bonds is 3. The first-order valence-electron chi connectivity index (χ1n) is 9.06. The van der Waals surface area contributed by atoms with Crippen LogP contribution in [0.1, 0.15) is 30.8 Å². The summed E-state index contributed by atoms with van der Waals surface area (Å²) in [5, 5.41) is 3.49. The Morgan fingerprint density at radius 1 is 1.08 bits per heavy atom. The van der Waals surface area contributed by atoms with E-state index in [0.717, 1.165) is 23.8 Å². The number of likely N-dealkylation sites (tertiary alicyclic amines) is 1. The van der Waals surface area contributed by atoms with Gasteiger partial charge in [-0.25, -0.2) is 9.97 Å². The summed E-state index contributed by atoms with van der Waals surface area (Å²) in [7, 11) is 0. The molecule has 1 aromatic heterocycles. The standard InChI is InChI=1S/C20H26N4/c1-16-13-18(17-5-3-2-4-6-17)23-19(22-16)14-24-12-9-20(15-24)7-10-21-11-8-20/h2-6,13,21H,7-12,14-15H2,1H3. The number of aromatic nitrogens is 2. The summed E-state index contributed by atoms with van der Waals surface area (Å²) in [5.41, 5.74) is 3.79. The number of aryl methyl sites for hydroxylation is 1. The Morgan fingerprint density at radius 3 is 2.67 bits per heavy atom. The van der Waals surface area contributed by atoms with Crippen LogP contribution < -0.4 is 5.32 Å². The van der Waals surface area contributed by atoms with Crippen molar-refractivity contribution < 1.29 is 0 Å². The maximum atomic E-state index is 4.84. The Balaban J connectivity index is 1.50. The number of nitrogens with zero attached hydrogens (tertiary/aromatic N) is 3. The van der Waals surface area contributed by atoms with Gasteiger partial charge in [-0.1, -0.05) is 30.3 Å². The lowest BCUT2D eigenvalue weighted by atomic mass is 9.78. The molecule has 1 N–H and O–H groups in total. The van der Waals surface area contributed by atoms with Gasteiger partial charge in [0.1, 0.15) is 5.82 Å². The quantitative estimate of drug-likeness (QED) is 0.943. The minimum atomic E-state index is 0.539. The van der Waals surface area contributed by atoms with Crippen LogP contribution in [-0.4, -0.2) is 41.0 Å². The zero-order chi connectivity index (χ0) is 16.4. The molecule has 1 spiro atoms. The zero-order valence-corrected chi connectivity index (χ0v) is 14.5. The lowest BCUT2D eigenvalue weighted by molar-refractivity contribution is 0.192. The number of hydrogen-bond acceptors (Lipinski definition) is 4. The third-order valence-electron chi connectivity index (χ3n) is 5.52. The largest absolute Gasteiger partial charge is 0.317 e. The van der Waals surface area contributed by atoms with E-state index >= 15 is 0 Å². The predicted octanol–water partition coefficient (Wildman–Crippen LogP) is 3.03. The van der Waals surface area contributed by atoms with Crippen molar-refractivity contribution >= 4 is 0 Å². The third-order valence-corrected chi connectivity index (χ3v) is 5.52. The van der Waals surface area contributed by atoms with Crippen molar-refractivity contribution in [3.05, 3.63) is 47.9 Å². The van der Waals surface area contributed by atoms with Crippen LogP contribution in [0.2, 0.25) is 0 Å². The van der Waals surface area contributed by atoms with E-state index in [2.05, 4.69) is 47.5 Å². The van der Waals surface area contributed by atoms with Gasteiger partial charge in [0.25, 0.3) is 0 Å². The highest BCUT2D eigenvalue weighted by atomic mass is 15.2. The topological polar surface area (TPSA) is 41.1 Å². The van der Waals surface area contributed by atoms with Crippen molar-refractivity contribution in [1.29, 1.82) is 0 Å². The molecule has 0 amide bonds. The van der Waals surface area contributed by atoms with Crippen LogP contribution in [-0.2, 0) is 6.54 Å². The molecule has 0 atom stereocenters. The first kappa shape index (κ1) is 15.7. The zero-order valence-electron chi connectivity index (χ0n) is 14.5. The van der Waals surface area contributed by atoms with Gasteiger partial charge in [-0.05, 0) is 57.3 Å². The fourth-order valence-electron chi connectivity index (χ4n) is 4.19. The molecule has 2 fully saturated rings. The first-order chi connectivity index (χ1) is 11.7. The van der Waals surface area contributed by atoms with Crippen LogP contribution >= 0.6 is 0 Å². The highest BCUT2D eigenvalue weighted by Crippen LogP contribution is 2.38. The summed E-state index contributed by atoms with van der Waals surface area (Å²) in [6, 6.07) is 12.5. The van der Waals surface area contributed by atoms with Crippen molar-refractivity contribution in [1.82, 2.24) is 20.2 Å². The molecule has 2 aliphatic heterocycles. The van der Waals surface area contributed by atoms with Crippen molar-refractivity contribution in [2.75, 3.05) is 26.2 Å². The SMILES string of the molecule is Cc1cc(-c2ccccc2)nc(CN2CCC3(CCNCC3)C2)n1. The first-order valence-corrected chi connectivity index (χ1v) is 9.06. The highest BCUT2D eigenvalue weighted by Gasteiger charge is 2.38. The summed E-state index contributed by atoms with van der Waals surface area (Å²) >= 11 is 0. The molecule has 2 saturated heterocycles. The minimum absolute atomic E-state index is 0.539. The van der Waals surface area contributed by atoms with Gasteiger partial charge in [-0.2, -0.15) is 0 Å². The van der Waals surface area contributed by atoms with Gasteiger partial charge >= 0.3 is 0 Å². The third kappa shape index (κ3) is 3.35. The molecule has 126 valence electrons. The molecule has 4 heteroatoms. The van der Waals surface area contributed by atoms with Crippen LogP contribution in [0.4, 0.5) is 0 Å². The van der Waals surface area contributed by atoms with Gasteiger partial charge in [0.15, 0.2) is 0 Å². The highest BCUT2D eigenvalue weighted by molar-refractivity contribution is 5.58. The van der Waals surface area contributed by atoms with Crippen LogP contribution in [0.15, 0.2) is 36.4 Å². The Kier molecular flexibility index (Phi) is 4.33. The van der Waals surface area contributed by atoms with Gasteiger partial charge in [-0.3, -0.25) is 4.90 Å². The molecule has 2 aromatic rings. The summed E-state index contributed by atoms with van der Waals surface area (Å²) in [4.78, 5) is 12.1. The van der Waals surface area contributed by atoms with Gasteiger partial charge in [0, 0.05) is 17.8 Å². The summed E-state index contributed by atoms with van der Waals surface area (Å²) in [6.45, 7) is 7.66. The lowest BCUT2D eigenvalue weighted by Gasteiger charge is -2.33. The Labute approximate surface area is 144 Å². The average Bonchev–Trinajstić information content (AvgIpc) is 2.98. The van der Waals surface area contributed by atoms with Gasteiger partial charge in [-0.15, -0.1) is 0 Å². The Bertz CT molecular complexity index is 692. The summed E-state index contributed by atoms with van der Waals surface area (Å²) in [6.07, 6.45) is 3.95. The fourth-order valence-corrected chi connectivity index (χ4v) is 4.19. The van der Waals surface area contributed by atoms with E-state index in [-0.39, 0.29) is 0 Å². The van der Waals surface area contributed by atoms with Gasteiger partial charge < -0.3 is 5.32 Å². The van der Waals surface area contributed by atoms with E-state index in [1.807, 2.05) is 6.07 Å². The van der Waals surface area contributed by atoms with Crippen LogP contribution in [0, 0.1) is 12.3 Å². The van der Waals surface area contributed by atoms with Crippen LogP contribution in [0.3, 0.4) is 0 Å². The Morgan fingerprint density at radius 2 is 1.88 bits per heavy atom. The number of piperidine rings is 1. The second-order valence-electron chi connectivity index (χ2n) is 7.39. The van der Waals surface area contributed by atoms with Crippen LogP contribution in [0.5, 0.6) is 0 Å². The van der Waals surface area contributed by atoms with Crippen molar-refractivity contribution in [3.8, 4) is 11.3 Å². The molecular weight excluding hydrogens is 296 g/mol. The van der Waals surface area contributed by atoms with Crippen LogP contribution in [0.25, 0.3) is 11.3 Å². The van der Waals surface area contributed by atoms with E-state index < -0.39 is 0 Å². The van der Waals surface area contributed by atoms with Crippen molar-refractivity contribution in [2.24, 2.45) is 5.41 Å². The van der Waals surface area contributed by atoms with Crippen molar-refractivity contribution in [2.45, 2.75) is 32.7 Å².